The molecular weight excluding hydrogens is 248 g/mol. The van der Waals surface area contributed by atoms with E-state index in [1.54, 1.807) is 4.90 Å². The van der Waals surface area contributed by atoms with Crippen molar-refractivity contribution in [2.75, 3.05) is 19.7 Å². The minimum Gasteiger partial charge on any atom is -0.445 e. The van der Waals surface area contributed by atoms with Gasteiger partial charge in [-0.15, -0.1) is 0 Å². The summed E-state index contributed by atoms with van der Waals surface area (Å²) < 4.78 is 9.95. The van der Waals surface area contributed by atoms with Gasteiger partial charge >= 0.3 is 12.2 Å². The van der Waals surface area contributed by atoms with Crippen molar-refractivity contribution in [1.29, 1.82) is 0 Å². The lowest BCUT2D eigenvalue weighted by atomic mass is 10.0. The molecule has 108 valence electrons. The smallest absolute Gasteiger partial charge is 0.410 e. The molecule has 1 saturated heterocycles. The Hall–Kier alpha value is -1.72. The van der Waals surface area contributed by atoms with Crippen molar-refractivity contribution in [2.24, 2.45) is 5.73 Å². The molecule has 1 rings (SSSR count). The normalized spacial score (nSPS) is 15.9. The van der Waals surface area contributed by atoms with Gasteiger partial charge in [0.25, 0.3) is 0 Å². The topological polar surface area (TPSA) is 81.9 Å². The van der Waals surface area contributed by atoms with Crippen LogP contribution in [-0.2, 0) is 9.47 Å². The van der Waals surface area contributed by atoms with Gasteiger partial charge in [-0.05, 0) is 39.7 Å². The van der Waals surface area contributed by atoms with Crippen LogP contribution in [-0.4, -0.2) is 42.4 Å². The van der Waals surface area contributed by atoms with Crippen molar-refractivity contribution in [2.45, 2.75) is 39.2 Å². The van der Waals surface area contributed by atoms with E-state index in [1.807, 2.05) is 26.8 Å². The first-order valence-electron chi connectivity index (χ1n) is 6.36. The third-order valence-electron chi connectivity index (χ3n) is 2.65. The minimum absolute atomic E-state index is 0.192. The molecule has 0 spiro atoms. The Kier molecular flexibility index (Phi) is 5.20. The van der Waals surface area contributed by atoms with E-state index in [0.29, 0.717) is 13.1 Å². The first-order chi connectivity index (χ1) is 8.78. The molecule has 0 aliphatic carbocycles. The van der Waals surface area contributed by atoms with E-state index in [-0.39, 0.29) is 12.7 Å². The number of amides is 2. The molecule has 0 bridgehead atoms. The number of nitrogens with two attached hydrogens (primary N) is 1. The maximum Gasteiger partial charge on any atom is 0.410 e. The zero-order chi connectivity index (χ0) is 14.5. The number of primary amides is 1. The third kappa shape index (κ3) is 6.13. The standard InChI is InChI=1S/C13H22N2O4/c1-13(2,3)19-12(17)15-7-4-10(5-8-15)6-9-18-11(14)16/h6H,4-5,7-9H2,1-3H3,(H2,14,16). The fraction of sp³-hybridized carbons (Fsp3) is 0.692. The van der Waals surface area contributed by atoms with Crippen LogP contribution in [0.1, 0.15) is 33.6 Å². The predicted molar refractivity (Wildman–Crippen MR) is 70.7 cm³/mol. The van der Waals surface area contributed by atoms with Gasteiger partial charge in [0.15, 0.2) is 0 Å². The quantitative estimate of drug-likeness (QED) is 0.778. The molecule has 0 unspecified atom stereocenters. The SMILES string of the molecule is CC(C)(C)OC(=O)N1CCC(=CCOC(N)=O)CC1. The summed E-state index contributed by atoms with van der Waals surface area (Å²) in [5.74, 6) is 0. The Morgan fingerprint density at radius 2 is 1.89 bits per heavy atom. The van der Waals surface area contributed by atoms with E-state index in [2.05, 4.69) is 4.74 Å². The number of carbonyl (C=O) groups is 2. The number of carbonyl (C=O) groups excluding carboxylic acids is 2. The van der Waals surface area contributed by atoms with E-state index in [9.17, 15) is 9.59 Å². The van der Waals surface area contributed by atoms with Gasteiger partial charge < -0.3 is 20.1 Å². The van der Waals surface area contributed by atoms with Crippen molar-refractivity contribution in [3.05, 3.63) is 11.6 Å². The van der Waals surface area contributed by atoms with Crippen molar-refractivity contribution in [3.8, 4) is 0 Å². The predicted octanol–water partition coefficient (Wildman–Crippen LogP) is 2.04. The number of ether oxygens (including phenoxy) is 2. The molecule has 1 heterocycles. The Labute approximate surface area is 113 Å². The highest BCUT2D eigenvalue weighted by atomic mass is 16.6. The van der Waals surface area contributed by atoms with Crippen LogP contribution in [0.3, 0.4) is 0 Å². The Balaban J connectivity index is 2.36. The van der Waals surface area contributed by atoms with Crippen molar-refractivity contribution < 1.29 is 19.1 Å². The van der Waals surface area contributed by atoms with Crippen LogP contribution in [0.4, 0.5) is 9.59 Å². The molecule has 1 aliphatic rings. The van der Waals surface area contributed by atoms with Crippen LogP contribution in [0.15, 0.2) is 11.6 Å². The summed E-state index contributed by atoms with van der Waals surface area (Å²) in [7, 11) is 0. The van der Waals surface area contributed by atoms with Crippen LogP contribution in [0.2, 0.25) is 0 Å². The molecular formula is C13H22N2O4. The summed E-state index contributed by atoms with van der Waals surface area (Å²) >= 11 is 0. The Morgan fingerprint density at radius 3 is 2.37 bits per heavy atom. The van der Waals surface area contributed by atoms with Crippen LogP contribution in [0, 0.1) is 0 Å². The van der Waals surface area contributed by atoms with Crippen LogP contribution in [0.25, 0.3) is 0 Å². The summed E-state index contributed by atoms with van der Waals surface area (Å²) in [6.45, 7) is 6.98. The van der Waals surface area contributed by atoms with Gasteiger partial charge in [-0.2, -0.15) is 0 Å². The van der Waals surface area contributed by atoms with Gasteiger partial charge in [0, 0.05) is 13.1 Å². The van der Waals surface area contributed by atoms with Gasteiger partial charge in [-0.1, -0.05) is 5.57 Å². The molecule has 0 aromatic carbocycles. The van der Waals surface area contributed by atoms with E-state index in [0.717, 1.165) is 12.8 Å². The Bertz CT molecular complexity index is 361. The maximum absolute atomic E-state index is 11.8. The number of hydrogen-bond donors (Lipinski definition) is 1. The lowest BCUT2D eigenvalue weighted by Gasteiger charge is -2.31. The number of rotatable bonds is 2. The molecule has 0 atom stereocenters. The zero-order valence-corrected chi connectivity index (χ0v) is 11.8. The van der Waals surface area contributed by atoms with E-state index < -0.39 is 11.7 Å². The summed E-state index contributed by atoms with van der Waals surface area (Å²) in [6.07, 6.45) is 2.32. The molecule has 1 fully saturated rings. The molecule has 0 radical (unpaired) electrons. The largest absolute Gasteiger partial charge is 0.445 e. The van der Waals surface area contributed by atoms with Crippen molar-refractivity contribution >= 4 is 12.2 Å². The highest BCUT2D eigenvalue weighted by Gasteiger charge is 2.24. The van der Waals surface area contributed by atoms with Crippen molar-refractivity contribution in [1.82, 2.24) is 4.90 Å². The second-order valence-electron chi connectivity index (χ2n) is 5.46. The second-order valence-corrected chi connectivity index (χ2v) is 5.46. The lowest BCUT2D eigenvalue weighted by Crippen LogP contribution is -2.40. The molecule has 0 saturated carbocycles. The van der Waals surface area contributed by atoms with E-state index in [4.69, 9.17) is 10.5 Å². The molecule has 1 aliphatic heterocycles. The monoisotopic (exact) mass is 270 g/mol. The second kappa shape index (κ2) is 6.45. The van der Waals surface area contributed by atoms with Gasteiger partial charge in [-0.25, -0.2) is 9.59 Å². The first kappa shape index (κ1) is 15.3. The molecule has 0 aromatic heterocycles. The average Bonchev–Trinajstić information content (AvgIpc) is 2.27. The Morgan fingerprint density at radius 1 is 1.32 bits per heavy atom. The van der Waals surface area contributed by atoms with Crippen LogP contribution >= 0.6 is 0 Å². The minimum atomic E-state index is -0.775. The molecule has 6 nitrogen and oxygen atoms in total. The number of nitrogens with zero attached hydrogens (tertiary/aromatic N) is 1. The van der Waals surface area contributed by atoms with Gasteiger partial charge in [-0.3, -0.25) is 0 Å². The average molecular weight is 270 g/mol. The first-order valence-corrected chi connectivity index (χ1v) is 6.36. The molecule has 2 amide bonds. The molecule has 19 heavy (non-hydrogen) atoms. The van der Waals surface area contributed by atoms with Gasteiger partial charge in [0.2, 0.25) is 0 Å². The number of likely N-dealkylation sites (tertiary alicyclic amines) is 1. The molecule has 0 aromatic rings. The molecule has 2 N–H and O–H groups in total. The highest BCUT2D eigenvalue weighted by Crippen LogP contribution is 2.18. The fourth-order valence-corrected chi connectivity index (χ4v) is 1.75. The molecule has 6 heteroatoms. The highest BCUT2D eigenvalue weighted by molar-refractivity contribution is 5.68. The van der Waals surface area contributed by atoms with Crippen molar-refractivity contribution in [3.63, 3.8) is 0 Å². The number of hydrogen-bond acceptors (Lipinski definition) is 4. The maximum atomic E-state index is 11.8. The third-order valence-corrected chi connectivity index (χ3v) is 2.65. The van der Waals surface area contributed by atoms with E-state index >= 15 is 0 Å². The zero-order valence-electron chi connectivity index (χ0n) is 11.8. The van der Waals surface area contributed by atoms with E-state index in [1.165, 1.54) is 5.57 Å². The lowest BCUT2D eigenvalue weighted by molar-refractivity contribution is 0.0236. The number of piperidine rings is 1. The summed E-state index contributed by atoms with van der Waals surface area (Å²) in [6, 6.07) is 0. The van der Waals surface area contributed by atoms with Crippen LogP contribution < -0.4 is 5.73 Å². The summed E-state index contributed by atoms with van der Waals surface area (Å²) in [4.78, 5) is 23.9. The fourth-order valence-electron chi connectivity index (χ4n) is 1.75. The summed E-state index contributed by atoms with van der Waals surface area (Å²) in [5, 5.41) is 0. The van der Waals surface area contributed by atoms with Gasteiger partial charge in [0.1, 0.15) is 12.2 Å². The summed E-state index contributed by atoms with van der Waals surface area (Å²) in [5.41, 5.74) is 5.57. The van der Waals surface area contributed by atoms with Crippen LogP contribution in [0.5, 0.6) is 0 Å². The van der Waals surface area contributed by atoms with Gasteiger partial charge in [0.05, 0.1) is 0 Å².